The number of anilines is 1. The van der Waals surface area contributed by atoms with Crippen LogP contribution < -0.4 is 5.32 Å². The molecule has 1 aliphatic rings. The van der Waals surface area contributed by atoms with E-state index in [2.05, 4.69) is 15.5 Å². The average Bonchev–Trinajstić information content (AvgIpc) is 3.15. The Morgan fingerprint density at radius 2 is 2.06 bits per heavy atom. The summed E-state index contributed by atoms with van der Waals surface area (Å²) in [7, 11) is 0. The van der Waals surface area contributed by atoms with Gasteiger partial charge in [0.05, 0.1) is 6.61 Å². The predicted octanol–water partition coefficient (Wildman–Crippen LogP) is 2.02. The van der Waals surface area contributed by atoms with Crippen molar-refractivity contribution in [3.63, 3.8) is 0 Å². The smallest absolute Gasteiger partial charge is 0.257 e. The molecule has 3 rings (SSSR count). The van der Waals surface area contributed by atoms with Crippen LogP contribution in [0.3, 0.4) is 0 Å². The van der Waals surface area contributed by atoms with Gasteiger partial charge < -0.3 is 14.9 Å². The van der Waals surface area contributed by atoms with Gasteiger partial charge in [-0.05, 0) is 37.1 Å². The first-order valence-corrected chi connectivity index (χ1v) is 6.15. The van der Waals surface area contributed by atoms with E-state index >= 15 is 0 Å². The lowest BCUT2D eigenvalue weighted by Gasteiger charge is -2.03. The molecule has 0 amide bonds. The highest BCUT2D eigenvalue weighted by atomic mass is 16.5. The number of aromatic nitrogens is 2. The van der Waals surface area contributed by atoms with Gasteiger partial charge in [0.2, 0.25) is 0 Å². The number of aliphatic hydroxyl groups excluding tert-OH is 1. The zero-order valence-electron chi connectivity index (χ0n) is 9.97. The van der Waals surface area contributed by atoms with Gasteiger partial charge in [-0.25, -0.2) is 0 Å². The van der Waals surface area contributed by atoms with Crippen molar-refractivity contribution in [2.24, 2.45) is 0 Å². The second-order valence-electron chi connectivity index (χ2n) is 4.46. The Bertz CT molecular complexity index is 517. The number of hydrogen-bond donors (Lipinski definition) is 2. The third-order valence-electron chi connectivity index (χ3n) is 2.96. The highest BCUT2D eigenvalue weighted by Crippen LogP contribution is 2.38. The minimum Gasteiger partial charge on any atom is -0.395 e. The molecule has 2 N–H and O–H groups in total. The zero-order valence-corrected chi connectivity index (χ0v) is 9.97. The average molecular weight is 245 g/mol. The molecule has 0 radical (unpaired) electrons. The van der Waals surface area contributed by atoms with Crippen LogP contribution >= 0.6 is 0 Å². The lowest BCUT2D eigenvalue weighted by atomic mass is 10.2. The lowest BCUT2D eigenvalue weighted by molar-refractivity contribution is 0.311. The van der Waals surface area contributed by atoms with Crippen LogP contribution in [0.25, 0.3) is 11.5 Å². The van der Waals surface area contributed by atoms with Gasteiger partial charge in [-0.2, -0.15) is 4.98 Å². The quantitative estimate of drug-likeness (QED) is 0.843. The molecule has 94 valence electrons. The molecule has 0 atom stereocenters. The molecule has 1 fully saturated rings. The molecule has 0 unspecified atom stereocenters. The van der Waals surface area contributed by atoms with Crippen molar-refractivity contribution in [2.45, 2.75) is 18.8 Å². The Morgan fingerprint density at radius 1 is 1.28 bits per heavy atom. The maximum atomic E-state index is 8.73. The van der Waals surface area contributed by atoms with Gasteiger partial charge in [-0.1, -0.05) is 5.16 Å². The van der Waals surface area contributed by atoms with Crippen molar-refractivity contribution in [3.8, 4) is 11.5 Å². The fourth-order valence-corrected chi connectivity index (χ4v) is 1.79. The topological polar surface area (TPSA) is 71.2 Å². The molecule has 1 aliphatic carbocycles. The zero-order chi connectivity index (χ0) is 12.4. The summed E-state index contributed by atoms with van der Waals surface area (Å²) in [6, 6.07) is 7.74. The van der Waals surface area contributed by atoms with E-state index in [4.69, 9.17) is 9.63 Å². The summed E-state index contributed by atoms with van der Waals surface area (Å²) in [5, 5.41) is 15.8. The van der Waals surface area contributed by atoms with E-state index in [1.165, 1.54) is 12.8 Å². The minimum atomic E-state index is 0.121. The van der Waals surface area contributed by atoms with Crippen LogP contribution in [0.15, 0.2) is 28.8 Å². The van der Waals surface area contributed by atoms with Crippen LogP contribution in [-0.2, 0) is 0 Å². The van der Waals surface area contributed by atoms with E-state index in [1.807, 2.05) is 24.3 Å². The lowest BCUT2D eigenvalue weighted by Crippen LogP contribution is -2.04. The van der Waals surface area contributed by atoms with Crippen LogP contribution in [0.4, 0.5) is 5.69 Å². The van der Waals surface area contributed by atoms with Crippen LogP contribution in [0.2, 0.25) is 0 Å². The standard InChI is InChI=1S/C13H15N3O2/c17-8-7-14-11-5-3-10(4-6-11)13-15-12(16-18-13)9-1-2-9/h3-6,9,14,17H,1-2,7-8H2. The number of hydrogen-bond acceptors (Lipinski definition) is 5. The van der Waals surface area contributed by atoms with Crippen LogP contribution in [0, 0.1) is 0 Å². The second kappa shape index (κ2) is 4.78. The van der Waals surface area contributed by atoms with Crippen molar-refractivity contribution in [3.05, 3.63) is 30.1 Å². The molecule has 5 heteroatoms. The van der Waals surface area contributed by atoms with Gasteiger partial charge in [-0.3, -0.25) is 0 Å². The minimum absolute atomic E-state index is 0.121. The van der Waals surface area contributed by atoms with Crippen LogP contribution in [0.1, 0.15) is 24.6 Å². The normalized spacial score (nSPS) is 14.7. The summed E-state index contributed by atoms with van der Waals surface area (Å²) in [5.41, 5.74) is 1.89. The summed E-state index contributed by atoms with van der Waals surface area (Å²) >= 11 is 0. The molecule has 0 saturated heterocycles. The highest BCUT2D eigenvalue weighted by molar-refractivity contribution is 5.58. The number of nitrogens with one attached hydrogen (secondary N) is 1. The van der Waals surface area contributed by atoms with E-state index in [1.54, 1.807) is 0 Å². The molecular formula is C13H15N3O2. The van der Waals surface area contributed by atoms with Gasteiger partial charge in [0.25, 0.3) is 5.89 Å². The first-order valence-electron chi connectivity index (χ1n) is 6.15. The molecular weight excluding hydrogens is 230 g/mol. The Labute approximate surface area is 105 Å². The summed E-state index contributed by atoms with van der Waals surface area (Å²) in [6.07, 6.45) is 2.34. The van der Waals surface area contributed by atoms with Crippen LogP contribution in [-0.4, -0.2) is 28.4 Å². The maximum absolute atomic E-state index is 8.73. The Morgan fingerprint density at radius 3 is 2.72 bits per heavy atom. The molecule has 1 heterocycles. The third-order valence-corrected chi connectivity index (χ3v) is 2.96. The fraction of sp³-hybridized carbons (Fsp3) is 0.385. The fourth-order valence-electron chi connectivity index (χ4n) is 1.79. The molecule has 1 aromatic carbocycles. The van der Waals surface area contributed by atoms with Crippen LogP contribution in [0.5, 0.6) is 0 Å². The first-order chi connectivity index (χ1) is 8.86. The molecule has 1 saturated carbocycles. The van der Waals surface area contributed by atoms with E-state index < -0.39 is 0 Å². The number of nitrogens with zero attached hydrogens (tertiary/aromatic N) is 2. The molecule has 1 aromatic heterocycles. The Kier molecular flexibility index (Phi) is 2.98. The van der Waals surface area contributed by atoms with Crippen molar-refractivity contribution >= 4 is 5.69 Å². The predicted molar refractivity (Wildman–Crippen MR) is 67.3 cm³/mol. The Balaban J connectivity index is 1.74. The van der Waals surface area contributed by atoms with Crippen molar-refractivity contribution < 1.29 is 9.63 Å². The van der Waals surface area contributed by atoms with Gasteiger partial charge in [0.1, 0.15) is 0 Å². The highest BCUT2D eigenvalue weighted by Gasteiger charge is 2.28. The molecule has 2 aromatic rings. The van der Waals surface area contributed by atoms with Gasteiger partial charge in [0.15, 0.2) is 5.82 Å². The maximum Gasteiger partial charge on any atom is 0.257 e. The van der Waals surface area contributed by atoms with E-state index in [-0.39, 0.29) is 6.61 Å². The summed E-state index contributed by atoms with van der Waals surface area (Å²) < 4.78 is 5.25. The molecule has 18 heavy (non-hydrogen) atoms. The van der Waals surface area contributed by atoms with Crippen molar-refractivity contribution in [1.82, 2.24) is 10.1 Å². The summed E-state index contributed by atoms with van der Waals surface area (Å²) in [6.45, 7) is 0.669. The number of benzene rings is 1. The Hall–Kier alpha value is -1.88. The molecule has 0 bridgehead atoms. The number of aliphatic hydroxyl groups is 1. The largest absolute Gasteiger partial charge is 0.395 e. The summed E-state index contributed by atoms with van der Waals surface area (Å²) in [5.74, 6) is 1.91. The monoisotopic (exact) mass is 245 g/mol. The molecule has 5 nitrogen and oxygen atoms in total. The van der Waals surface area contributed by atoms with E-state index in [9.17, 15) is 0 Å². The number of rotatable bonds is 5. The molecule has 0 spiro atoms. The first kappa shape index (κ1) is 11.2. The summed E-state index contributed by atoms with van der Waals surface area (Å²) in [4.78, 5) is 4.40. The van der Waals surface area contributed by atoms with Crippen molar-refractivity contribution in [1.29, 1.82) is 0 Å². The molecule has 0 aliphatic heterocycles. The van der Waals surface area contributed by atoms with Gasteiger partial charge in [0, 0.05) is 23.7 Å². The third kappa shape index (κ3) is 2.36. The second-order valence-corrected chi connectivity index (χ2v) is 4.46. The van der Waals surface area contributed by atoms with E-state index in [0.717, 1.165) is 17.1 Å². The SMILES string of the molecule is OCCNc1ccc(-c2nc(C3CC3)no2)cc1. The van der Waals surface area contributed by atoms with Crippen molar-refractivity contribution in [2.75, 3.05) is 18.5 Å². The van der Waals surface area contributed by atoms with Gasteiger partial charge in [-0.15, -0.1) is 0 Å². The van der Waals surface area contributed by atoms with E-state index in [0.29, 0.717) is 18.4 Å². The van der Waals surface area contributed by atoms with Gasteiger partial charge >= 0.3 is 0 Å².